The first-order chi connectivity index (χ1) is 32.9. The van der Waals surface area contributed by atoms with Gasteiger partial charge in [-0.25, -0.2) is 15.0 Å². The van der Waals surface area contributed by atoms with Gasteiger partial charge in [0.25, 0.3) is 0 Å². The van der Waals surface area contributed by atoms with Crippen LogP contribution in [-0.4, -0.2) is 15.0 Å². The molecule has 5 heteroatoms. The summed E-state index contributed by atoms with van der Waals surface area (Å²) in [6.45, 7) is 4.67. The molecule has 0 saturated heterocycles. The molecule has 13 rings (SSSR count). The number of anilines is 3. The zero-order valence-electron chi connectivity index (χ0n) is 37.0. The molecule has 0 aliphatic heterocycles. The summed E-state index contributed by atoms with van der Waals surface area (Å²) in [6, 6.07) is 77.4. The second-order valence-corrected chi connectivity index (χ2v) is 18.0. The lowest BCUT2D eigenvalue weighted by Gasteiger charge is -2.28. The third kappa shape index (κ3) is 6.42. The van der Waals surface area contributed by atoms with Gasteiger partial charge < -0.3 is 9.32 Å². The Morgan fingerprint density at radius 3 is 1.82 bits per heavy atom. The molecule has 2 aromatic heterocycles. The van der Waals surface area contributed by atoms with Crippen LogP contribution in [0.25, 0.3) is 99.9 Å². The third-order valence-corrected chi connectivity index (χ3v) is 13.7. The molecule has 316 valence electrons. The first kappa shape index (κ1) is 38.8. The van der Waals surface area contributed by atoms with E-state index in [4.69, 9.17) is 19.4 Å². The van der Waals surface area contributed by atoms with Crippen LogP contribution in [0, 0.1) is 0 Å². The van der Waals surface area contributed by atoms with Crippen molar-refractivity contribution < 1.29 is 4.42 Å². The van der Waals surface area contributed by atoms with Crippen molar-refractivity contribution in [3.8, 4) is 56.4 Å². The number of aromatic nitrogens is 3. The van der Waals surface area contributed by atoms with Crippen LogP contribution in [0.1, 0.15) is 25.0 Å². The Morgan fingerprint density at radius 1 is 0.358 bits per heavy atom. The lowest BCUT2D eigenvalue weighted by molar-refractivity contribution is 0.660. The van der Waals surface area contributed by atoms with E-state index in [1.165, 1.54) is 27.6 Å². The molecule has 0 saturated carbocycles. The topological polar surface area (TPSA) is 55.1 Å². The molecule has 0 bridgehead atoms. The van der Waals surface area contributed by atoms with Crippen molar-refractivity contribution in [2.24, 2.45) is 0 Å². The molecule has 12 aromatic rings. The molecule has 0 amide bonds. The van der Waals surface area contributed by atoms with Gasteiger partial charge in [-0.3, -0.25) is 0 Å². The zero-order chi connectivity index (χ0) is 44.6. The largest absolute Gasteiger partial charge is 0.455 e. The Kier molecular flexibility index (Phi) is 8.80. The summed E-state index contributed by atoms with van der Waals surface area (Å²) < 4.78 is 6.66. The van der Waals surface area contributed by atoms with Crippen molar-refractivity contribution in [2.45, 2.75) is 19.3 Å². The molecule has 0 fully saturated rings. The zero-order valence-corrected chi connectivity index (χ0v) is 37.0. The van der Waals surface area contributed by atoms with Crippen LogP contribution in [-0.2, 0) is 5.41 Å². The normalized spacial score (nSPS) is 12.7. The minimum Gasteiger partial charge on any atom is -0.455 e. The van der Waals surface area contributed by atoms with Gasteiger partial charge in [0.1, 0.15) is 11.2 Å². The van der Waals surface area contributed by atoms with E-state index >= 15 is 0 Å². The van der Waals surface area contributed by atoms with Crippen LogP contribution in [0.3, 0.4) is 0 Å². The quantitative estimate of drug-likeness (QED) is 0.160. The van der Waals surface area contributed by atoms with Crippen molar-refractivity contribution in [1.29, 1.82) is 0 Å². The lowest BCUT2D eigenvalue weighted by Crippen LogP contribution is -2.16. The summed E-state index contributed by atoms with van der Waals surface area (Å²) >= 11 is 0. The van der Waals surface area contributed by atoms with Gasteiger partial charge in [0.2, 0.25) is 0 Å². The molecule has 0 unspecified atom stereocenters. The molecule has 10 aromatic carbocycles. The highest BCUT2D eigenvalue weighted by Gasteiger charge is 2.35. The molecule has 2 heterocycles. The number of benzene rings is 10. The average Bonchev–Trinajstić information content (AvgIpc) is 3.88. The Hall–Kier alpha value is -8.67. The van der Waals surface area contributed by atoms with Crippen molar-refractivity contribution in [3.05, 3.63) is 230 Å². The predicted octanol–water partition coefficient (Wildman–Crippen LogP) is 16.5. The van der Waals surface area contributed by atoms with Crippen molar-refractivity contribution >= 4 is 60.5 Å². The van der Waals surface area contributed by atoms with Gasteiger partial charge in [-0.15, -0.1) is 0 Å². The Labute approximate surface area is 388 Å². The molecule has 0 atom stereocenters. The maximum atomic E-state index is 6.66. The standard InChI is InChI=1S/C62H42N4O/c1-62(2)55-23-13-11-21-48(55)49-34-32-47(37-56(49)62)66(45-19-7-4-8-20-45)46-30-27-40(28-31-46)43-29-33-51-52(36-43)54(38-53-50-22-12-14-24-57(50)67-58(51)53)61-64-59(41-16-5-3-6-17-41)63-60(65-61)44-26-25-39-15-9-10-18-42(39)35-44/h3-38H,1-2H3. The number of para-hydroxylation sites is 2. The van der Waals surface area contributed by atoms with Crippen LogP contribution in [0.4, 0.5) is 17.1 Å². The second-order valence-electron chi connectivity index (χ2n) is 18.0. The fourth-order valence-corrected chi connectivity index (χ4v) is 10.3. The van der Waals surface area contributed by atoms with Crippen LogP contribution in [0.2, 0.25) is 0 Å². The molecule has 0 N–H and O–H groups in total. The number of hydrogen-bond acceptors (Lipinski definition) is 5. The minimum absolute atomic E-state index is 0.112. The van der Waals surface area contributed by atoms with Crippen LogP contribution in [0.15, 0.2) is 223 Å². The van der Waals surface area contributed by atoms with Gasteiger partial charge in [0, 0.05) is 55.3 Å². The van der Waals surface area contributed by atoms with Crippen molar-refractivity contribution in [3.63, 3.8) is 0 Å². The first-order valence-corrected chi connectivity index (χ1v) is 22.8. The maximum Gasteiger partial charge on any atom is 0.164 e. The van der Waals surface area contributed by atoms with Crippen LogP contribution >= 0.6 is 0 Å². The average molecular weight is 859 g/mol. The molecular weight excluding hydrogens is 817 g/mol. The van der Waals surface area contributed by atoms with E-state index in [1.54, 1.807) is 0 Å². The van der Waals surface area contributed by atoms with E-state index in [2.05, 4.69) is 207 Å². The summed E-state index contributed by atoms with van der Waals surface area (Å²) in [5, 5.41) is 6.35. The summed E-state index contributed by atoms with van der Waals surface area (Å²) in [4.78, 5) is 18.0. The van der Waals surface area contributed by atoms with Gasteiger partial charge in [0.15, 0.2) is 17.5 Å². The van der Waals surface area contributed by atoms with Crippen molar-refractivity contribution in [2.75, 3.05) is 4.90 Å². The van der Waals surface area contributed by atoms with Gasteiger partial charge >= 0.3 is 0 Å². The monoisotopic (exact) mass is 858 g/mol. The Bertz CT molecular complexity index is 3890. The highest BCUT2D eigenvalue weighted by atomic mass is 16.3. The predicted molar refractivity (Wildman–Crippen MR) is 276 cm³/mol. The van der Waals surface area contributed by atoms with E-state index in [9.17, 15) is 0 Å². The number of hydrogen-bond donors (Lipinski definition) is 0. The molecule has 67 heavy (non-hydrogen) atoms. The van der Waals surface area contributed by atoms with Crippen LogP contribution < -0.4 is 4.90 Å². The smallest absolute Gasteiger partial charge is 0.164 e. The van der Waals surface area contributed by atoms with Gasteiger partial charge in [-0.05, 0) is 116 Å². The Balaban J connectivity index is 0.964. The van der Waals surface area contributed by atoms with Gasteiger partial charge in [-0.1, -0.05) is 166 Å². The van der Waals surface area contributed by atoms with E-state index in [1.807, 2.05) is 30.3 Å². The van der Waals surface area contributed by atoms with Crippen LogP contribution in [0.5, 0.6) is 0 Å². The molecule has 0 spiro atoms. The van der Waals surface area contributed by atoms with Gasteiger partial charge in [0.05, 0.1) is 0 Å². The van der Waals surface area contributed by atoms with E-state index < -0.39 is 0 Å². The Morgan fingerprint density at radius 2 is 0.985 bits per heavy atom. The summed E-state index contributed by atoms with van der Waals surface area (Å²) in [6.07, 6.45) is 0. The SMILES string of the molecule is CC1(C)c2ccccc2-c2ccc(N(c3ccccc3)c3ccc(-c4ccc5c(c4)c(-c4nc(-c6ccccc6)nc(-c6ccc7ccccc7c6)n4)cc4c6ccccc6oc54)cc3)cc21. The number of rotatable bonds is 7. The summed E-state index contributed by atoms with van der Waals surface area (Å²) in [7, 11) is 0. The highest BCUT2D eigenvalue weighted by molar-refractivity contribution is 6.19. The number of fused-ring (bicyclic) bond motifs is 9. The van der Waals surface area contributed by atoms with E-state index in [0.717, 1.165) is 83.0 Å². The fraction of sp³-hybridized carbons (Fsp3) is 0.0484. The fourth-order valence-electron chi connectivity index (χ4n) is 10.3. The highest BCUT2D eigenvalue weighted by Crippen LogP contribution is 2.51. The summed E-state index contributed by atoms with van der Waals surface area (Å²) in [5.41, 5.74) is 15.1. The molecular formula is C62H42N4O. The second kappa shape index (κ2) is 15.2. The summed E-state index contributed by atoms with van der Waals surface area (Å²) in [5.74, 6) is 1.83. The molecule has 1 aliphatic carbocycles. The molecule has 1 aliphatic rings. The first-order valence-electron chi connectivity index (χ1n) is 22.8. The molecule has 0 radical (unpaired) electrons. The third-order valence-electron chi connectivity index (χ3n) is 13.7. The lowest BCUT2D eigenvalue weighted by atomic mass is 9.82. The molecule has 5 nitrogen and oxygen atoms in total. The van der Waals surface area contributed by atoms with E-state index in [0.29, 0.717) is 17.5 Å². The van der Waals surface area contributed by atoms with E-state index in [-0.39, 0.29) is 5.41 Å². The minimum atomic E-state index is -0.112. The van der Waals surface area contributed by atoms with Gasteiger partial charge in [-0.2, -0.15) is 0 Å². The van der Waals surface area contributed by atoms with Crippen molar-refractivity contribution in [1.82, 2.24) is 15.0 Å². The number of nitrogens with zero attached hydrogens (tertiary/aromatic N) is 4. The maximum absolute atomic E-state index is 6.66. The number of furan rings is 1.